The summed E-state index contributed by atoms with van der Waals surface area (Å²) >= 11 is 5.90. The molecule has 2 rings (SSSR count). The van der Waals surface area contributed by atoms with Crippen LogP contribution in [0.15, 0.2) is 12.1 Å². The second kappa shape index (κ2) is 4.76. The zero-order valence-electron chi connectivity index (χ0n) is 9.29. The fourth-order valence-corrected chi connectivity index (χ4v) is 2.08. The average Bonchev–Trinajstić information content (AvgIpc) is 3.13. The quantitative estimate of drug-likeness (QED) is 0.748. The first-order valence-electron chi connectivity index (χ1n) is 5.55. The molecule has 0 amide bonds. The number of ether oxygens (including phenoxy) is 1. The lowest BCUT2D eigenvalue weighted by Crippen LogP contribution is -1.99. The van der Waals surface area contributed by atoms with Crippen LogP contribution < -0.4 is 4.74 Å². The molecule has 0 atom stereocenters. The van der Waals surface area contributed by atoms with Crippen LogP contribution >= 0.6 is 11.6 Å². The Morgan fingerprint density at radius 3 is 2.75 bits per heavy atom. The zero-order chi connectivity index (χ0) is 11.5. The van der Waals surface area contributed by atoms with Crippen LogP contribution in [0.1, 0.15) is 42.4 Å². The van der Waals surface area contributed by atoms with Crippen molar-refractivity contribution in [2.24, 2.45) is 0 Å². The van der Waals surface area contributed by atoms with Crippen molar-refractivity contribution in [1.82, 2.24) is 0 Å². The van der Waals surface area contributed by atoms with Gasteiger partial charge in [0.1, 0.15) is 5.75 Å². The molecule has 0 aliphatic heterocycles. The largest absolute Gasteiger partial charge is 0.494 e. The first-order chi connectivity index (χ1) is 7.80. The van der Waals surface area contributed by atoms with Gasteiger partial charge >= 0.3 is 0 Å². The summed E-state index contributed by atoms with van der Waals surface area (Å²) in [5.74, 6) is 1.74. The SMILES string of the molecule is CCOc1cc(C#N)c(C2CC2)cc1CCl. The van der Waals surface area contributed by atoms with Crippen molar-refractivity contribution < 1.29 is 4.74 Å². The maximum Gasteiger partial charge on any atom is 0.125 e. The van der Waals surface area contributed by atoms with Crippen LogP contribution in [0.2, 0.25) is 0 Å². The Bertz CT molecular complexity index is 432. The predicted molar refractivity (Wildman–Crippen MR) is 63.9 cm³/mol. The molecule has 0 spiro atoms. The van der Waals surface area contributed by atoms with E-state index in [4.69, 9.17) is 21.6 Å². The molecule has 0 saturated heterocycles. The molecule has 0 bridgehead atoms. The molecule has 2 nitrogen and oxygen atoms in total. The van der Waals surface area contributed by atoms with Gasteiger partial charge in [-0.05, 0) is 43.4 Å². The highest BCUT2D eigenvalue weighted by Gasteiger charge is 2.27. The van der Waals surface area contributed by atoms with E-state index in [0.29, 0.717) is 18.4 Å². The van der Waals surface area contributed by atoms with E-state index in [1.807, 2.05) is 19.1 Å². The smallest absolute Gasteiger partial charge is 0.125 e. The highest BCUT2D eigenvalue weighted by atomic mass is 35.5. The van der Waals surface area contributed by atoms with Crippen molar-refractivity contribution in [1.29, 1.82) is 5.26 Å². The molecule has 1 aromatic carbocycles. The van der Waals surface area contributed by atoms with Gasteiger partial charge in [0.15, 0.2) is 0 Å². The zero-order valence-corrected chi connectivity index (χ0v) is 10.0. The molecule has 0 heterocycles. The van der Waals surface area contributed by atoms with Crippen molar-refractivity contribution in [3.63, 3.8) is 0 Å². The molecule has 1 fully saturated rings. The van der Waals surface area contributed by atoms with E-state index in [0.717, 1.165) is 22.4 Å². The third-order valence-corrected chi connectivity index (χ3v) is 3.10. The van der Waals surface area contributed by atoms with Crippen LogP contribution in [0.5, 0.6) is 5.75 Å². The molecule has 84 valence electrons. The van der Waals surface area contributed by atoms with E-state index in [2.05, 4.69) is 6.07 Å². The van der Waals surface area contributed by atoms with Gasteiger partial charge < -0.3 is 4.74 Å². The Labute approximate surface area is 101 Å². The highest BCUT2D eigenvalue weighted by Crippen LogP contribution is 2.43. The topological polar surface area (TPSA) is 33.0 Å². The Morgan fingerprint density at radius 1 is 1.50 bits per heavy atom. The summed E-state index contributed by atoms with van der Waals surface area (Å²) in [6.07, 6.45) is 2.37. The molecular formula is C13H14ClNO. The lowest BCUT2D eigenvalue weighted by molar-refractivity contribution is 0.337. The van der Waals surface area contributed by atoms with Crippen LogP contribution in [-0.2, 0) is 5.88 Å². The summed E-state index contributed by atoms with van der Waals surface area (Å²) in [5.41, 5.74) is 2.87. The Hall–Kier alpha value is -1.20. The van der Waals surface area contributed by atoms with E-state index >= 15 is 0 Å². The van der Waals surface area contributed by atoms with Crippen molar-refractivity contribution >= 4 is 11.6 Å². The van der Waals surface area contributed by atoms with E-state index in [-0.39, 0.29) is 0 Å². The minimum absolute atomic E-state index is 0.431. The molecule has 0 unspecified atom stereocenters. The highest BCUT2D eigenvalue weighted by molar-refractivity contribution is 6.17. The number of hydrogen-bond donors (Lipinski definition) is 0. The predicted octanol–water partition coefficient (Wildman–Crippen LogP) is 3.57. The van der Waals surface area contributed by atoms with Crippen LogP contribution in [-0.4, -0.2) is 6.61 Å². The van der Waals surface area contributed by atoms with E-state index in [1.54, 1.807) is 0 Å². The summed E-state index contributed by atoms with van der Waals surface area (Å²) in [6, 6.07) is 6.11. The number of halogens is 1. The second-order valence-corrected chi connectivity index (χ2v) is 4.27. The Kier molecular flexibility index (Phi) is 3.36. The summed E-state index contributed by atoms with van der Waals surface area (Å²) in [4.78, 5) is 0. The van der Waals surface area contributed by atoms with E-state index in [9.17, 15) is 0 Å². The van der Waals surface area contributed by atoms with Crippen LogP contribution in [0.3, 0.4) is 0 Å². The van der Waals surface area contributed by atoms with Gasteiger partial charge in [0, 0.05) is 5.56 Å². The molecule has 0 radical (unpaired) electrons. The second-order valence-electron chi connectivity index (χ2n) is 4.00. The molecule has 3 heteroatoms. The van der Waals surface area contributed by atoms with Gasteiger partial charge in [-0.15, -0.1) is 11.6 Å². The lowest BCUT2D eigenvalue weighted by Gasteiger charge is -2.11. The molecule has 16 heavy (non-hydrogen) atoms. The van der Waals surface area contributed by atoms with Crippen LogP contribution in [0, 0.1) is 11.3 Å². The van der Waals surface area contributed by atoms with Crippen molar-refractivity contribution in [2.45, 2.75) is 31.6 Å². The molecule has 1 aliphatic rings. The van der Waals surface area contributed by atoms with Gasteiger partial charge in [-0.1, -0.05) is 0 Å². The number of nitrogens with zero attached hydrogens (tertiary/aromatic N) is 1. The van der Waals surface area contributed by atoms with Gasteiger partial charge in [0.2, 0.25) is 0 Å². The van der Waals surface area contributed by atoms with Gasteiger partial charge in [-0.3, -0.25) is 0 Å². The minimum atomic E-state index is 0.431. The fraction of sp³-hybridized carbons (Fsp3) is 0.462. The van der Waals surface area contributed by atoms with Crippen LogP contribution in [0.4, 0.5) is 0 Å². The van der Waals surface area contributed by atoms with Gasteiger partial charge in [0.05, 0.1) is 24.1 Å². The van der Waals surface area contributed by atoms with E-state index < -0.39 is 0 Å². The summed E-state index contributed by atoms with van der Waals surface area (Å²) in [5, 5.41) is 9.11. The lowest BCUT2D eigenvalue weighted by atomic mass is 10.0. The fourth-order valence-electron chi connectivity index (χ4n) is 1.87. The number of rotatable bonds is 4. The summed E-state index contributed by atoms with van der Waals surface area (Å²) in [7, 11) is 0. The molecule has 0 N–H and O–H groups in total. The first kappa shape index (κ1) is 11.3. The van der Waals surface area contributed by atoms with Gasteiger partial charge in [-0.25, -0.2) is 0 Å². The normalized spacial score (nSPS) is 14.6. The Morgan fingerprint density at radius 2 is 2.25 bits per heavy atom. The van der Waals surface area contributed by atoms with Crippen LogP contribution in [0.25, 0.3) is 0 Å². The number of nitriles is 1. The van der Waals surface area contributed by atoms with Crippen molar-refractivity contribution in [2.75, 3.05) is 6.61 Å². The Balaban J connectivity index is 2.44. The standard InChI is InChI=1S/C13H14ClNO/c1-2-16-13-6-11(8-15)12(9-3-4-9)5-10(13)7-14/h5-6,9H,2-4,7H2,1H3. The van der Waals surface area contributed by atoms with Crippen molar-refractivity contribution in [3.05, 3.63) is 28.8 Å². The minimum Gasteiger partial charge on any atom is -0.494 e. The number of alkyl halides is 1. The van der Waals surface area contributed by atoms with Gasteiger partial charge in [0.25, 0.3) is 0 Å². The maximum absolute atomic E-state index is 9.11. The maximum atomic E-state index is 9.11. The molecule has 1 saturated carbocycles. The molecule has 1 aliphatic carbocycles. The van der Waals surface area contributed by atoms with Gasteiger partial charge in [-0.2, -0.15) is 5.26 Å². The number of benzene rings is 1. The third-order valence-electron chi connectivity index (χ3n) is 2.81. The molecule has 0 aromatic heterocycles. The molecular weight excluding hydrogens is 222 g/mol. The monoisotopic (exact) mass is 235 g/mol. The van der Waals surface area contributed by atoms with Crippen molar-refractivity contribution in [3.8, 4) is 11.8 Å². The summed E-state index contributed by atoms with van der Waals surface area (Å²) in [6.45, 7) is 2.52. The third kappa shape index (κ3) is 2.15. The van der Waals surface area contributed by atoms with E-state index in [1.165, 1.54) is 12.8 Å². The number of hydrogen-bond acceptors (Lipinski definition) is 2. The average molecular weight is 236 g/mol. The first-order valence-corrected chi connectivity index (χ1v) is 6.09. The molecule has 1 aromatic rings. The summed E-state index contributed by atoms with van der Waals surface area (Å²) < 4.78 is 5.49.